The fourth-order valence-corrected chi connectivity index (χ4v) is 9.31. The first kappa shape index (κ1) is 70.5. The quantitative estimate of drug-likeness (QED) is 0.0172. The summed E-state index contributed by atoms with van der Waals surface area (Å²) in [7, 11) is 0. The van der Waals surface area contributed by atoms with Crippen molar-refractivity contribution in [3.63, 3.8) is 0 Å². The Morgan fingerprint density at radius 1 is 0.442 bits per heavy atom. The van der Waals surface area contributed by atoms with Gasteiger partial charge in [0, 0.05) is 13.0 Å². The highest BCUT2D eigenvalue weighted by Gasteiger charge is 2.47. The van der Waals surface area contributed by atoms with Crippen molar-refractivity contribution in [3.05, 3.63) is 72.9 Å². The van der Waals surface area contributed by atoms with Gasteiger partial charge in [0.15, 0.2) is 12.6 Å². The van der Waals surface area contributed by atoms with Crippen LogP contribution in [0.4, 0.5) is 0 Å². The van der Waals surface area contributed by atoms with E-state index in [1.54, 1.807) is 0 Å². The molecule has 0 saturated carbocycles. The van der Waals surface area contributed by atoms with Crippen LogP contribution in [0.1, 0.15) is 219 Å². The predicted octanol–water partition coefficient (Wildman–Crippen LogP) is 11.4. The summed E-state index contributed by atoms with van der Waals surface area (Å²) in [5.74, 6) is -0.381. The molecule has 2 saturated heterocycles. The Bertz CT molecular complexity index is 1550. The second-order valence-electron chi connectivity index (χ2n) is 21.1. The van der Waals surface area contributed by atoms with E-state index in [2.05, 4.69) is 86.8 Å². The SMILES string of the molecule is CC/C=C\C/C=C\C/C=C\C/C=C\CCCCCCCCCCCCCCC(=O)OC(COCCCCCCCCCC/C=C\C/C=C\CCCCC)COC1OC(COC2OC(CO)C(O)C(O)C2O)C(O)C(O)C1O. The minimum Gasteiger partial charge on any atom is -0.457 e. The first-order chi connectivity index (χ1) is 37.6. The molecule has 0 spiro atoms. The molecule has 11 unspecified atom stereocenters. The number of esters is 1. The highest BCUT2D eigenvalue weighted by molar-refractivity contribution is 5.69. The molecule has 0 amide bonds. The maximum atomic E-state index is 13.1. The van der Waals surface area contributed by atoms with E-state index in [0.29, 0.717) is 13.0 Å². The lowest BCUT2D eigenvalue weighted by Gasteiger charge is -2.42. The fraction of sp³-hybridized carbons (Fsp3) is 0.794. The van der Waals surface area contributed by atoms with Crippen molar-refractivity contribution in [2.24, 2.45) is 0 Å². The van der Waals surface area contributed by atoms with Crippen LogP contribution in [-0.2, 0) is 33.2 Å². The number of unbranched alkanes of at least 4 members (excludes halogenated alkanes) is 23. The van der Waals surface area contributed by atoms with Gasteiger partial charge in [-0.2, -0.15) is 0 Å². The molecule has 0 aliphatic carbocycles. The molecule has 0 radical (unpaired) electrons. The molecule has 2 rings (SSSR count). The molecule has 0 bridgehead atoms. The molecule has 11 atom stereocenters. The van der Waals surface area contributed by atoms with Crippen LogP contribution in [-0.4, -0.2) is 142 Å². The molecule has 2 fully saturated rings. The van der Waals surface area contributed by atoms with Crippen molar-refractivity contribution in [2.75, 3.05) is 33.0 Å². The van der Waals surface area contributed by atoms with Crippen LogP contribution in [0.25, 0.3) is 0 Å². The molecule has 2 aliphatic rings. The summed E-state index contributed by atoms with van der Waals surface area (Å²) in [5, 5.41) is 72.4. The maximum absolute atomic E-state index is 13.1. The minimum absolute atomic E-state index is 0.0547. The number of hydrogen-bond acceptors (Lipinski definition) is 14. The lowest BCUT2D eigenvalue weighted by Crippen LogP contribution is -2.61. The summed E-state index contributed by atoms with van der Waals surface area (Å²) in [6.45, 7) is 3.55. The van der Waals surface area contributed by atoms with Gasteiger partial charge in [-0.05, 0) is 83.5 Å². The topological polar surface area (TPSA) is 214 Å². The number of carbonyl (C=O) groups is 1. The van der Waals surface area contributed by atoms with Gasteiger partial charge < -0.3 is 64.2 Å². The van der Waals surface area contributed by atoms with Gasteiger partial charge in [-0.25, -0.2) is 0 Å². The van der Waals surface area contributed by atoms with E-state index >= 15 is 0 Å². The summed E-state index contributed by atoms with van der Waals surface area (Å²) in [4.78, 5) is 13.1. The van der Waals surface area contributed by atoms with E-state index < -0.39 is 80.7 Å². The van der Waals surface area contributed by atoms with Crippen molar-refractivity contribution >= 4 is 5.97 Å². The Kier molecular flexibility index (Phi) is 45.1. The second kappa shape index (κ2) is 49.3. The average molecular weight is 1090 g/mol. The highest BCUT2D eigenvalue weighted by atomic mass is 16.7. The average Bonchev–Trinajstić information content (AvgIpc) is 3.43. The molecular formula is C63H110O14. The van der Waals surface area contributed by atoms with Gasteiger partial charge in [0.25, 0.3) is 0 Å². The van der Waals surface area contributed by atoms with E-state index in [0.717, 1.165) is 83.5 Å². The number of hydrogen-bond donors (Lipinski definition) is 7. The molecule has 14 nitrogen and oxygen atoms in total. The minimum atomic E-state index is -1.71. The van der Waals surface area contributed by atoms with E-state index in [1.165, 1.54) is 109 Å². The van der Waals surface area contributed by atoms with Crippen LogP contribution in [0, 0.1) is 0 Å². The van der Waals surface area contributed by atoms with Crippen molar-refractivity contribution < 1.29 is 69.0 Å². The normalized spacial score (nSPS) is 24.8. The predicted molar refractivity (Wildman–Crippen MR) is 307 cm³/mol. The van der Waals surface area contributed by atoms with Crippen molar-refractivity contribution in [3.8, 4) is 0 Å². The Balaban J connectivity index is 1.69. The Morgan fingerprint density at radius 2 is 0.844 bits per heavy atom. The Labute approximate surface area is 466 Å². The summed E-state index contributed by atoms with van der Waals surface area (Å²) in [6, 6.07) is 0. The van der Waals surface area contributed by atoms with E-state index in [4.69, 9.17) is 28.4 Å². The molecule has 77 heavy (non-hydrogen) atoms. The van der Waals surface area contributed by atoms with Gasteiger partial charge in [-0.1, -0.05) is 202 Å². The third kappa shape index (κ3) is 35.7. The molecule has 0 aromatic heterocycles. The third-order valence-corrected chi connectivity index (χ3v) is 14.2. The Hall–Kier alpha value is -2.57. The maximum Gasteiger partial charge on any atom is 0.306 e. The molecule has 2 aliphatic heterocycles. The smallest absolute Gasteiger partial charge is 0.306 e. The van der Waals surface area contributed by atoms with Crippen LogP contribution < -0.4 is 0 Å². The lowest BCUT2D eigenvalue weighted by atomic mass is 9.98. The van der Waals surface area contributed by atoms with Crippen molar-refractivity contribution in [1.82, 2.24) is 0 Å². The van der Waals surface area contributed by atoms with Crippen LogP contribution in [0.5, 0.6) is 0 Å². The standard InChI is InChI=1S/C63H110O14/c1-3-5-7-9-11-13-15-17-19-21-23-24-25-26-27-28-29-30-32-34-36-38-40-42-44-46-55(65)75-52(49-72-47-45-43-41-39-37-35-33-31-22-20-18-16-14-12-10-8-6-4-2)50-73-62-61(71)59(69)57(67)54(77-62)51-74-63-60(70)58(68)56(66)53(48-64)76-63/h5,7,11-14,17-20,23-24,52-54,56-64,66-71H,3-4,6,8-10,15-16,21-22,25-51H2,1-2H3/b7-5-,13-11-,14-12-,19-17-,20-18-,24-23-. The summed E-state index contributed by atoms with van der Waals surface area (Å²) in [5.41, 5.74) is 0. The van der Waals surface area contributed by atoms with Crippen LogP contribution in [0.3, 0.4) is 0 Å². The zero-order chi connectivity index (χ0) is 55.8. The number of allylic oxidation sites excluding steroid dienone is 12. The van der Waals surface area contributed by atoms with Gasteiger partial charge >= 0.3 is 5.97 Å². The second-order valence-corrected chi connectivity index (χ2v) is 21.1. The first-order valence-electron chi connectivity index (χ1n) is 30.5. The van der Waals surface area contributed by atoms with Gasteiger partial charge in [0.05, 0.1) is 26.4 Å². The molecule has 0 aromatic rings. The zero-order valence-corrected chi connectivity index (χ0v) is 47.9. The molecule has 0 aromatic carbocycles. The van der Waals surface area contributed by atoms with Crippen molar-refractivity contribution in [2.45, 2.75) is 287 Å². The van der Waals surface area contributed by atoms with Gasteiger partial charge in [-0.15, -0.1) is 0 Å². The molecule has 2 heterocycles. The van der Waals surface area contributed by atoms with E-state index in [9.17, 15) is 40.5 Å². The fourth-order valence-electron chi connectivity index (χ4n) is 9.31. The number of aliphatic hydroxyl groups excluding tert-OH is 7. The van der Waals surface area contributed by atoms with Crippen LogP contribution >= 0.6 is 0 Å². The lowest BCUT2D eigenvalue weighted by molar-refractivity contribution is -0.332. The number of carbonyl (C=O) groups excluding carboxylic acids is 1. The van der Waals surface area contributed by atoms with Crippen LogP contribution in [0.15, 0.2) is 72.9 Å². The monoisotopic (exact) mass is 1090 g/mol. The number of rotatable bonds is 49. The van der Waals surface area contributed by atoms with E-state index in [1.807, 2.05) is 0 Å². The summed E-state index contributed by atoms with van der Waals surface area (Å²) in [6.07, 6.45) is 46.7. The summed E-state index contributed by atoms with van der Waals surface area (Å²) < 4.78 is 34.4. The van der Waals surface area contributed by atoms with Gasteiger partial charge in [0.1, 0.15) is 54.9 Å². The first-order valence-corrected chi connectivity index (χ1v) is 30.5. The van der Waals surface area contributed by atoms with Gasteiger partial charge in [0.2, 0.25) is 0 Å². The molecule has 446 valence electrons. The molecular weight excluding hydrogens is 981 g/mol. The summed E-state index contributed by atoms with van der Waals surface area (Å²) >= 11 is 0. The molecule has 14 heteroatoms. The highest BCUT2D eigenvalue weighted by Crippen LogP contribution is 2.27. The van der Waals surface area contributed by atoms with Crippen LogP contribution in [0.2, 0.25) is 0 Å². The van der Waals surface area contributed by atoms with Crippen molar-refractivity contribution in [1.29, 1.82) is 0 Å². The third-order valence-electron chi connectivity index (χ3n) is 14.2. The largest absolute Gasteiger partial charge is 0.457 e. The zero-order valence-electron chi connectivity index (χ0n) is 47.9. The number of ether oxygens (including phenoxy) is 6. The Morgan fingerprint density at radius 3 is 1.32 bits per heavy atom. The number of aliphatic hydroxyl groups is 7. The van der Waals surface area contributed by atoms with E-state index in [-0.39, 0.29) is 25.6 Å². The molecule has 7 N–H and O–H groups in total. The van der Waals surface area contributed by atoms with Gasteiger partial charge in [-0.3, -0.25) is 4.79 Å².